The SMILES string of the molecule is CCCCOC(=O)C1=CC(=O)CC(C)(C)O1.O=C(O)C(=O)O. The summed E-state index contributed by atoms with van der Waals surface area (Å²) in [6.45, 7) is 5.93. The molecular weight excluding hydrogens is 296 g/mol. The molecule has 0 aliphatic carbocycles. The van der Waals surface area contributed by atoms with Crippen molar-refractivity contribution < 1.29 is 38.9 Å². The summed E-state index contributed by atoms with van der Waals surface area (Å²) in [5.74, 6) is -4.27. The van der Waals surface area contributed by atoms with Gasteiger partial charge in [-0.05, 0) is 20.3 Å². The molecule has 22 heavy (non-hydrogen) atoms. The highest BCUT2D eigenvalue weighted by Gasteiger charge is 2.32. The number of carboxylic acid groups (broad SMARTS) is 2. The van der Waals surface area contributed by atoms with Crippen molar-refractivity contribution in [1.82, 2.24) is 0 Å². The summed E-state index contributed by atoms with van der Waals surface area (Å²) in [5.41, 5.74) is -0.620. The molecule has 1 heterocycles. The molecule has 0 bridgehead atoms. The van der Waals surface area contributed by atoms with Crippen LogP contribution < -0.4 is 0 Å². The lowest BCUT2D eigenvalue weighted by atomic mass is 9.98. The van der Waals surface area contributed by atoms with Crippen molar-refractivity contribution >= 4 is 23.7 Å². The summed E-state index contributed by atoms with van der Waals surface area (Å²) >= 11 is 0. The summed E-state index contributed by atoms with van der Waals surface area (Å²) in [6.07, 6.45) is 3.28. The molecule has 1 aliphatic rings. The number of hydrogen-bond acceptors (Lipinski definition) is 6. The van der Waals surface area contributed by atoms with Crippen LogP contribution >= 0.6 is 0 Å². The van der Waals surface area contributed by atoms with Crippen LogP contribution in [-0.4, -0.2) is 46.1 Å². The second-order valence-corrected chi connectivity index (χ2v) is 5.11. The molecule has 1 aliphatic heterocycles. The van der Waals surface area contributed by atoms with Crippen molar-refractivity contribution in [3.63, 3.8) is 0 Å². The van der Waals surface area contributed by atoms with Gasteiger partial charge in [-0.1, -0.05) is 13.3 Å². The van der Waals surface area contributed by atoms with Crippen molar-refractivity contribution in [1.29, 1.82) is 0 Å². The number of carbonyl (C=O) groups is 4. The fourth-order valence-corrected chi connectivity index (χ4v) is 1.46. The summed E-state index contributed by atoms with van der Waals surface area (Å²) in [5, 5.41) is 14.8. The van der Waals surface area contributed by atoms with Gasteiger partial charge in [0, 0.05) is 12.5 Å². The van der Waals surface area contributed by atoms with E-state index >= 15 is 0 Å². The molecule has 124 valence electrons. The fraction of sp³-hybridized carbons (Fsp3) is 0.571. The maximum atomic E-state index is 11.5. The smallest absolute Gasteiger partial charge is 0.414 e. The van der Waals surface area contributed by atoms with Gasteiger partial charge in [0.25, 0.3) is 0 Å². The zero-order chi connectivity index (χ0) is 17.3. The van der Waals surface area contributed by atoms with Crippen LogP contribution in [0.5, 0.6) is 0 Å². The molecule has 2 N–H and O–H groups in total. The van der Waals surface area contributed by atoms with E-state index in [0.717, 1.165) is 12.8 Å². The van der Waals surface area contributed by atoms with E-state index in [2.05, 4.69) is 0 Å². The van der Waals surface area contributed by atoms with Crippen LogP contribution in [0.25, 0.3) is 0 Å². The minimum absolute atomic E-state index is 0.0253. The number of carbonyl (C=O) groups excluding carboxylic acids is 2. The summed E-state index contributed by atoms with van der Waals surface area (Å²) in [6, 6.07) is 0. The minimum Gasteiger partial charge on any atom is -0.480 e. The molecule has 0 aromatic heterocycles. The Kier molecular flexibility index (Phi) is 7.85. The van der Waals surface area contributed by atoms with Gasteiger partial charge < -0.3 is 19.7 Å². The van der Waals surface area contributed by atoms with Crippen LogP contribution in [0.15, 0.2) is 11.8 Å². The maximum Gasteiger partial charge on any atom is 0.414 e. The maximum absolute atomic E-state index is 11.5. The Morgan fingerprint density at radius 1 is 1.27 bits per heavy atom. The van der Waals surface area contributed by atoms with E-state index in [1.54, 1.807) is 13.8 Å². The molecule has 8 nitrogen and oxygen atoms in total. The van der Waals surface area contributed by atoms with Crippen molar-refractivity contribution in [3.8, 4) is 0 Å². The van der Waals surface area contributed by atoms with Crippen molar-refractivity contribution in [2.75, 3.05) is 6.61 Å². The first-order valence-corrected chi connectivity index (χ1v) is 6.66. The number of allylic oxidation sites excluding steroid dienone is 1. The largest absolute Gasteiger partial charge is 0.480 e. The lowest BCUT2D eigenvalue weighted by Gasteiger charge is -2.29. The third-order valence-corrected chi connectivity index (χ3v) is 2.39. The van der Waals surface area contributed by atoms with Gasteiger partial charge in [0.2, 0.25) is 5.76 Å². The van der Waals surface area contributed by atoms with E-state index in [1.807, 2.05) is 6.92 Å². The van der Waals surface area contributed by atoms with E-state index < -0.39 is 23.5 Å². The molecule has 8 heteroatoms. The molecular formula is C14H20O8. The molecule has 0 spiro atoms. The van der Waals surface area contributed by atoms with Crippen molar-refractivity contribution in [2.24, 2.45) is 0 Å². The van der Waals surface area contributed by atoms with Crippen LogP contribution in [0, 0.1) is 0 Å². The first-order valence-electron chi connectivity index (χ1n) is 6.66. The van der Waals surface area contributed by atoms with Crippen LogP contribution in [-0.2, 0) is 28.7 Å². The summed E-state index contributed by atoms with van der Waals surface area (Å²) in [4.78, 5) is 41.1. The van der Waals surface area contributed by atoms with Crippen LogP contribution in [0.2, 0.25) is 0 Å². The molecule has 0 unspecified atom stereocenters. The third kappa shape index (κ3) is 8.03. The Bertz CT molecular complexity index is 463. The van der Waals surface area contributed by atoms with Gasteiger partial charge in [0.05, 0.1) is 6.61 Å². The van der Waals surface area contributed by atoms with Crippen molar-refractivity contribution in [3.05, 3.63) is 11.8 Å². The lowest BCUT2D eigenvalue weighted by molar-refractivity contribution is -0.159. The highest BCUT2D eigenvalue weighted by molar-refractivity contribution is 6.27. The molecule has 0 fully saturated rings. The number of unbranched alkanes of at least 4 members (excludes halogenated alkanes) is 1. The lowest BCUT2D eigenvalue weighted by Crippen LogP contribution is -2.33. The predicted octanol–water partition coefficient (Wildman–Crippen LogP) is 1.14. The molecule has 0 saturated carbocycles. The minimum atomic E-state index is -1.82. The number of carboxylic acids is 2. The van der Waals surface area contributed by atoms with Gasteiger partial charge in [-0.25, -0.2) is 14.4 Å². The first kappa shape index (κ1) is 19.6. The quantitative estimate of drug-likeness (QED) is 0.449. The zero-order valence-electron chi connectivity index (χ0n) is 12.7. The average Bonchev–Trinajstić information content (AvgIpc) is 2.37. The molecule has 0 saturated heterocycles. The Balaban J connectivity index is 0.000000626. The zero-order valence-corrected chi connectivity index (χ0v) is 12.7. The summed E-state index contributed by atoms with van der Waals surface area (Å²) in [7, 11) is 0. The number of rotatable bonds is 4. The highest BCUT2D eigenvalue weighted by Crippen LogP contribution is 2.25. The standard InChI is InChI=1S/C12H18O4.C2H2O4/c1-4-5-6-15-11(14)10-7-9(13)8-12(2,3)16-10;3-1(4)2(5)6/h7H,4-6,8H2,1-3H3;(H,3,4)(H,5,6). The average molecular weight is 316 g/mol. The molecule has 0 aromatic rings. The first-order chi connectivity index (χ1) is 10.1. The molecule has 0 amide bonds. The Morgan fingerprint density at radius 3 is 2.23 bits per heavy atom. The number of esters is 1. The second kappa shape index (κ2) is 8.81. The molecule has 0 radical (unpaired) electrons. The predicted molar refractivity (Wildman–Crippen MR) is 74.0 cm³/mol. The number of aliphatic carboxylic acids is 2. The van der Waals surface area contributed by atoms with Gasteiger partial charge >= 0.3 is 17.9 Å². The Hall–Kier alpha value is -2.38. The van der Waals surface area contributed by atoms with Crippen LogP contribution in [0.1, 0.15) is 40.0 Å². The number of ketones is 1. The van der Waals surface area contributed by atoms with Gasteiger partial charge in [-0.3, -0.25) is 4.79 Å². The van der Waals surface area contributed by atoms with Crippen molar-refractivity contribution in [2.45, 2.75) is 45.6 Å². The second-order valence-electron chi connectivity index (χ2n) is 5.11. The van der Waals surface area contributed by atoms with Gasteiger partial charge in [-0.15, -0.1) is 0 Å². The molecule has 0 atom stereocenters. The number of ether oxygens (including phenoxy) is 2. The highest BCUT2D eigenvalue weighted by atomic mass is 16.6. The van der Waals surface area contributed by atoms with E-state index in [1.165, 1.54) is 6.08 Å². The van der Waals surface area contributed by atoms with E-state index in [9.17, 15) is 9.59 Å². The molecule has 0 aromatic carbocycles. The topological polar surface area (TPSA) is 127 Å². The van der Waals surface area contributed by atoms with Gasteiger partial charge in [-0.2, -0.15) is 0 Å². The van der Waals surface area contributed by atoms with E-state index in [4.69, 9.17) is 29.3 Å². The summed E-state index contributed by atoms with van der Waals surface area (Å²) < 4.78 is 10.4. The normalized spacial score (nSPS) is 15.6. The Labute approximate surface area is 127 Å². The van der Waals surface area contributed by atoms with Gasteiger partial charge in [0.15, 0.2) is 5.78 Å². The van der Waals surface area contributed by atoms with Gasteiger partial charge in [0.1, 0.15) is 5.60 Å². The number of hydrogen-bond donors (Lipinski definition) is 2. The fourth-order valence-electron chi connectivity index (χ4n) is 1.46. The Morgan fingerprint density at radius 2 is 1.82 bits per heavy atom. The molecule has 1 rings (SSSR count). The third-order valence-electron chi connectivity index (χ3n) is 2.39. The van der Waals surface area contributed by atoms with Crippen LogP contribution in [0.4, 0.5) is 0 Å². The van der Waals surface area contributed by atoms with E-state index in [-0.39, 0.29) is 11.5 Å². The monoisotopic (exact) mass is 316 g/mol. The van der Waals surface area contributed by atoms with Crippen LogP contribution in [0.3, 0.4) is 0 Å². The van der Waals surface area contributed by atoms with E-state index in [0.29, 0.717) is 13.0 Å².